The van der Waals surface area contributed by atoms with Crippen LogP contribution in [0.3, 0.4) is 0 Å². The van der Waals surface area contributed by atoms with Gasteiger partial charge >= 0.3 is 15.6 Å². The lowest BCUT2D eigenvalue weighted by Crippen LogP contribution is -1.91. The minimum absolute atomic E-state index is 0.203. The van der Waals surface area contributed by atoms with Gasteiger partial charge in [-0.15, -0.1) is 4.52 Å². The van der Waals surface area contributed by atoms with Crippen molar-refractivity contribution in [2.75, 3.05) is 27.2 Å². The van der Waals surface area contributed by atoms with Gasteiger partial charge in [-0.05, 0) is 4.57 Å². The molecule has 0 fully saturated rings. The highest BCUT2D eigenvalue weighted by Crippen LogP contribution is 2.53. The number of rotatable bonds is 5. The maximum atomic E-state index is 11.2. The zero-order chi connectivity index (χ0) is 8.91. The van der Waals surface area contributed by atoms with E-state index in [0.29, 0.717) is 0 Å². The largest absolute Gasteiger partial charge is 0.520 e. The Labute approximate surface area is 66.4 Å². The third kappa shape index (κ3) is 3.94. The van der Waals surface area contributed by atoms with E-state index in [-0.39, 0.29) is 5.90 Å². The highest BCUT2D eigenvalue weighted by atomic mass is 31.2. The average Bonchev–Trinajstić information content (AvgIpc) is 2.04. The Morgan fingerprint density at radius 2 is 1.73 bits per heavy atom. The fourth-order valence-corrected chi connectivity index (χ4v) is 3.06. The molecule has 7 heteroatoms. The molecule has 0 saturated carbocycles. The molecule has 0 N–H and O–H groups in total. The summed E-state index contributed by atoms with van der Waals surface area (Å²) in [5, 5.41) is 0. The minimum Gasteiger partial charge on any atom is -0.309 e. The second kappa shape index (κ2) is 4.96. The molecule has 5 nitrogen and oxygen atoms in total. The fraction of sp³-hybridized carbons (Fsp3) is 1.00. The number of hydrogen-bond donors (Lipinski definition) is 0. The summed E-state index contributed by atoms with van der Waals surface area (Å²) in [6, 6.07) is 0. The lowest BCUT2D eigenvalue weighted by molar-refractivity contribution is 0.279. The first-order valence-corrected chi connectivity index (χ1v) is 5.86. The molecule has 0 aliphatic carbocycles. The van der Waals surface area contributed by atoms with Crippen LogP contribution in [0.2, 0.25) is 0 Å². The van der Waals surface area contributed by atoms with Crippen molar-refractivity contribution >= 4 is 15.6 Å². The highest BCUT2D eigenvalue weighted by Gasteiger charge is 2.34. The zero-order valence-corrected chi connectivity index (χ0v) is 8.43. The van der Waals surface area contributed by atoms with Crippen LogP contribution in [0.15, 0.2) is 0 Å². The summed E-state index contributed by atoms with van der Waals surface area (Å²) in [5.74, 6) is -0.203. The van der Waals surface area contributed by atoms with Gasteiger partial charge in [0.05, 0.1) is 7.11 Å². The van der Waals surface area contributed by atoms with Crippen molar-refractivity contribution in [3.63, 3.8) is 0 Å². The molecular weight excluding hydrogens is 190 g/mol. The summed E-state index contributed by atoms with van der Waals surface area (Å²) in [6.45, 7) is 0. The molecule has 0 aromatic carbocycles. The van der Waals surface area contributed by atoms with Crippen LogP contribution in [-0.4, -0.2) is 27.2 Å². The molecule has 1 atom stereocenters. The van der Waals surface area contributed by atoms with Crippen LogP contribution < -0.4 is 0 Å². The van der Waals surface area contributed by atoms with Crippen molar-refractivity contribution in [2.24, 2.45) is 0 Å². The van der Waals surface area contributed by atoms with E-state index in [1.54, 1.807) is 0 Å². The van der Waals surface area contributed by atoms with E-state index in [1.807, 2.05) is 0 Å². The molecule has 0 aliphatic heterocycles. The monoisotopic (exact) mass is 201 g/mol. The normalized spacial score (nSPS) is 13.2. The molecule has 0 radical (unpaired) electrons. The Balaban J connectivity index is 4.09. The van der Waals surface area contributed by atoms with Gasteiger partial charge < -0.3 is 9.05 Å². The van der Waals surface area contributed by atoms with Gasteiger partial charge in [-0.2, -0.15) is 0 Å². The zero-order valence-electron chi connectivity index (χ0n) is 6.64. The van der Waals surface area contributed by atoms with E-state index in [0.717, 1.165) is 0 Å². The quantitative estimate of drug-likeness (QED) is 0.634. The van der Waals surface area contributed by atoms with Gasteiger partial charge in [-0.25, -0.2) is 0 Å². The van der Waals surface area contributed by atoms with Crippen LogP contribution in [0, 0.1) is 0 Å². The maximum Gasteiger partial charge on any atom is 0.520 e. The standard InChI is InChI=1S/C4H11O5P2/c1-7-10(5)4-11(6,8-2)9-3/h4H2,1-3H3/q+1. The first-order chi connectivity index (χ1) is 5.08. The third-order valence-electron chi connectivity index (χ3n) is 1.05. The molecular formula is C4H11O5P2+. The van der Waals surface area contributed by atoms with E-state index in [4.69, 9.17) is 0 Å². The van der Waals surface area contributed by atoms with Crippen molar-refractivity contribution < 1.29 is 22.7 Å². The highest BCUT2D eigenvalue weighted by molar-refractivity contribution is 7.65. The Kier molecular flexibility index (Phi) is 5.06. The smallest absolute Gasteiger partial charge is 0.309 e. The van der Waals surface area contributed by atoms with E-state index in [1.165, 1.54) is 21.3 Å². The van der Waals surface area contributed by atoms with Crippen molar-refractivity contribution in [3.05, 3.63) is 0 Å². The summed E-state index contributed by atoms with van der Waals surface area (Å²) < 4.78 is 35.4. The van der Waals surface area contributed by atoms with E-state index in [9.17, 15) is 9.13 Å². The summed E-state index contributed by atoms with van der Waals surface area (Å²) >= 11 is 0. The molecule has 0 heterocycles. The Morgan fingerprint density at radius 3 is 2.00 bits per heavy atom. The molecule has 0 aromatic rings. The Morgan fingerprint density at radius 1 is 1.27 bits per heavy atom. The summed E-state index contributed by atoms with van der Waals surface area (Å²) in [6.07, 6.45) is 0. The second-order valence-corrected chi connectivity index (χ2v) is 5.75. The SMILES string of the molecule is CO[P+](=O)CP(=O)(OC)OC. The summed E-state index contributed by atoms with van der Waals surface area (Å²) in [5.41, 5.74) is 0. The van der Waals surface area contributed by atoms with Gasteiger partial charge in [-0.3, -0.25) is 4.57 Å². The van der Waals surface area contributed by atoms with Crippen LogP contribution in [0.25, 0.3) is 0 Å². The molecule has 0 bridgehead atoms. The molecule has 0 saturated heterocycles. The van der Waals surface area contributed by atoms with Gasteiger partial charge in [0.1, 0.15) is 0 Å². The minimum atomic E-state index is -3.16. The van der Waals surface area contributed by atoms with Crippen molar-refractivity contribution in [3.8, 4) is 0 Å². The molecule has 1 unspecified atom stereocenters. The van der Waals surface area contributed by atoms with Crippen LogP contribution in [0.5, 0.6) is 0 Å². The molecule has 0 spiro atoms. The maximum absolute atomic E-state index is 11.2. The fourth-order valence-electron chi connectivity index (χ4n) is 0.389. The topological polar surface area (TPSA) is 61.8 Å². The molecule has 0 aliphatic rings. The lowest BCUT2D eigenvalue weighted by atomic mass is 11.8. The van der Waals surface area contributed by atoms with Crippen molar-refractivity contribution in [2.45, 2.75) is 0 Å². The van der Waals surface area contributed by atoms with E-state index in [2.05, 4.69) is 13.6 Å². The molecule has 0 aromatic heterocycles. The third-order valence-corrected chi connectivity index (χ3v) is 4.88. The van der Waals surface area contributed by atoms with Gasteiger partial charge in [0.15, 0.2) is 0 Å². The second-order valence-electron chi connectivity index (χ2n) is 1.63. The van der Waals surface area contributed by atoms with Gasteiger partial charge in [0.2, 0.25) is 0 Å². The van der Waals surface area contributed by atoms with Crippen molar-refractivity contribution in [1.82, 2.24) is 0 Å². The molecule has 0 amide bonds. The van der Waals surface area contributed by atoms with Crippen LogP contribution in [-0.2, 0) is 22.7 Å². The van der Waals surface area contributed by atoms with Crippen LogP contribution >= 0.6 is 15.6 Å². The van der Waals surface area contributed by atoms with E-state index >= 15 is 0 Å². The molecule has 66 valence electrons. The van der Waals surface area contributed by atoms with Gasteiger partial charge in [0.25, 0.3) is 5.90 Å². The summed E-state index contributed by atoms with van der Waals surface area (Å²) in [7, 11) is -1.35. The Bertz CT molecular complexity index is 171. The first kappa shape index (κ1) is 11.2. The van der Waals surface area contributed by atoms with Gasteiger partial charge in [0, 0.05) is 14.2 Å². The van der Waals surface area contributed by atoms with Crippen LogP contribution in [0.1, 0.15) is 0 Å². The van der Waals surface area contributed by atoms with Crippen molar-refractivity contribution in [1.29, 1.82) is 0 Å². The molecule has 0 rings (SSSR count). The predicted molar refractivity (Wildman–Crippen MR) is 41.1 cm³/mol. The van der Waals surface area contributed by atoms with Crippen LogP contribution in [0.4, 0.5) is 0 Å². The number of hydrogen-bond acceptors (Lipinski definition) is 5. The van der Waals surface area contributed by atoms with Gasteiger partial charge in [-0.1, -0.05) is 0 Å². The predicted octanol–water partition coefficient (Wildman–Crippen LogP) is 1.82. The van der Waals surface area contributed by atoms with E-state index < -0.39 is 15.6 Å². The average molecular weight is 201 g/mol. The lowest BCUT2D eigenvalue weighted by Gasteiger charge is -2.05. The first-order valence-electron chi connectivity index (χ1n) is 2.77. The Hall–Kier alpha value is 0.210. The molecule has 11 heavy (non-hydrogen) atoms. The summed E-state index contributed by atoms with van der Waals surface area (Å²) in [4.78, 5) is 0.